The molecule has 0 heterocycles. The zero-order valence-electron chi connectivity index (χ0n) is 13.4. The van der Waals surface area contributed by atoms with Gasteiger partial charge < -0.3 is 0 Å². The first-order valence-electron chi connectivity index (χ1n) is 7.93. The third kappa shape index (κ3) is 3.57. The van der Waals surface area contributed by atoms with E-state index in [4.69, 9.17) is 0 Å². The minimum absolute atomic E-state index is 0. The molecule has 3 aromatic carbocycles. The number of halogens is 1. The zero-order valence-corrected chi connectivity index (χ0v) is 16.0. The van der Waals surface area contributed by atoms with E-state index in [1.807, 2.05) is 0 Å². The lowest BCUT2D eigenvalue weighted by atomic mass is 10.4. The van der Waals surface area contributed by atoms with E-state index in [0.29, 0.717) is 0 Å². The summed E-state index contributed by atoms with van der Waals surface area (Å²) in [7, 11) is -1.55. The van der Waals surface area contributed by atoms with Gasteiger partial charge >= 0.3 is 0 Å². The van der Waals surface area contributed by atoms with Gasteiger partial charge in [-0.1, -0.05) is 104 Å². The van der Waals surface area contributed by atoms with E-state index < -0.39 is 7.26 Å². The highest BCUT2D eigenvalue weighted by molar-refractivity contribution is 8.93. The molecule has 0 aliphatic carbocycles. The summed E-state index contributed by atoms with van der Waals surface area (Å²) in [6, 6.07) is 33.2. The van der Waals surface area contributed by atoms with Gasteiger partial charge in [-0.2, -0.15) is 0 Å². The molecule has 0 amide bonds. The molecule has 0 aromatic heterocycles. The molecule has 1 radical (unpaired) electrons. The summed E-state index contributed by atoms with van der Waals surface area (Å²) in [6.45, 7) is 2.30. The van der Waals surface area contributed by atoms with Gasteiger partial charge in [-0.15, -0.1) is 17.0 Å². The molecular weight excluding hydrogens is 363 g/mol. The normalized spacial score (nSPS) is 10.8. The Balaban J connectivity index is 0.00000192. The first-order chi connectivity index (χ1) is 10.9. The van der Waals surface area contributed by atoms with Crippen molar-refractivity contribution in [3.63, 3.8) is 0 Å². The molecule has 0 spiro atoms. The van der Waals surface area contributed by atoms with Crippen LogP contribution in [0.25, 0.3) is 0 Å². The molecule has 0 saturated heterocycles. The molecule has 119 valence electrons. The van der Waals surface area contributed by atoms with Gasteiger partial charge in [-0.05, 0) is 29.3 Å². The maximum atomic E-state index is 2.31. The maximum absolute atomic E-state index is 2.31. The number of hydrogen-bond acceptors (Lipinski definition) is 0. The average molecular weight is 386 g/mol. The Morgan fingerprint density at radius 3 is 1.13 bits per heavy atom. The van der Waals surface area contributed by atoms with E-state index >= 15 is 0 Å². The van der Waals surface area contributed by atoms with Gasteiger partial charge in [0.05, 0.1) is 0 Å². The highest BCUT2D eigenvalue weighted by Crippen LogP contribution is 2.55. The van der Waals surface area contributed by atoms with Crippen molar-refractivity contribution in [3.05, 3.63) is 91.0 Å². The fraction of sp³-hybridized carbons (Fsp3) is 0.143. The number of rotatable bonds is 5. The van der Waals surface area contributed by atoms with E-state index in [1.165, 1.54) is 28.5 Å². The Kier molecular flexibility index (Phi) is 6.57. The van der Waals surface area contributed by atoms with Gasteiger partial charge in [0.1, 0.15) is 0 Å². The lowest BCUT2D eigenvalue weighted by Gasteiger charge is -2.38. The molecule has 2 heteroatoms. The van der Waals surface area contributed by atoms with Crippen LogP contribution in [-0.4, -0.2) is 6.16 Å². The zero-order chi connectivity index (χ0) is 15.3. The Morgan fingerprint density at radius 2 is 0.870 bits per heavy atom. The molecule has 0 aliphatic heterocycles. The summed E-state index contributed by atoms with van der Waals surface area (Å²) in [5, 5.41) is 4.44. The molecule has 0 fully saturated rings. The molecule has 23 heavy (non-hydrogen) atoms. The summed E-state index contributed by atoms with van der Waals surface area (Å²) in [5.74, 6) is 0. The Labute approximate surface area is 150 Å². The summed E-state index contributed by atoms with van der Waals surface area (Å²) in [4.78, 5) is 0. The highest BCUT2D eigenvalue weighted by Gasteiger charge is 2.32. The quantitative estimate of drug-likeness (QED) is 0.544. The van der Waals surface area contributed by atoms with Crippen LogP contribution in [0.2, 0.25) is 0 Å². The van der Waals surface area contributed by atoms with Gasteiger partial charge in [-0.3, -0.25) is 0 Å². The van der Waals surface area contributed by atoms with E-state index in [1.54, 1.807) is 0 Å². The molecule has 0 N–H and O–H groups in total. The van der Waals surface area contributed by atoms with Crippen molar-refractivity contribution < 1.29 is 0 Å². The second kappa shape index (κ2) is 8.43. The predicted molar refractivity (Wildman–Crippen MR) is 111 cm³/mol. The standard InChI is InChI=1S/C21H22P.BrH/c1-2-18-22(19-12-6-3-7-13-19,20-14-8-4-9-15-20)21-16-10-5-11-17-21;/h3-17H,2,18H2,1H3;1H. The van der Waals surface area contributed by atoms with Crippen molar-refractivity contribution in [2.24, 2.45) is 0 Å². The number of hydrogen-bond donors (Lipinski definition) is 0. The molecule has 3 rings (SSSR count). The predicted octanol–water partition coefficient (Wildman–Crippen LogP) is 4.97. The smallest absolute Gasteiger partial charge is 0.0196 e. The summed E-state index contributed by atoms with van der Waals surface area (Å²) < 4.78 is 0. The van der Waals surface area contributed by atoms with Crippen LogP contribution in [0.5, 0.6) is 0 Å². The van der Waals surface area contributed by atoms with Crippen LogP contribution in [0.15, 0.2) is 91.0 Å². The molecule has 3 aromatic rings. The van der Waals surface area contributed by atoms with Gasteiger partial charge in [0.2, 0.25) is 0 Å². The maximum Gasteiger partial charge on any atom is -0.0196 e. The van der Waals surface area contributed by atoms with Gasteiger partial charge in [0, 0.05) is 0 Å². The molecule has 0 aliphatic rings. The van der Waals surface area contributed by atoms with Crippen molar-refractivity contribution >= 4 is 40.2 Å². The van der Waals surface area contributed by atoms with Crippen LogP contribution in [0, 0.1) is 0 Å². The van der Waals surface area contributed by atoms with Crippen LogP contribution in [0.1, 0.15) is 13.3 Å². The van der Waals surface area contributed by atoms with Crippen molar-refractivity contribution in [1.29, 1.82) is 0 Å². The van der Waals surface area contributed by atoms with Crippen molar-refractivity contribution in [1.82, 2.24) is 0 Å². The molecule has 0 bridgehead atoms. The average Bonchev–Trinajstić information content (AvgIpc) is 2.62. The first-order valence-corrected chi connectivity index (χ1v) is 9.90. The van der Waals surface area contributed by atoms with E-state index in [0.717, 1.165) is 0 Å². The van der Waals surface area contributed by atoms with Crippen LogP contribution < -0.4 is 15.9 Å². The van der Waals surface area contributed by atoms with Crippen LogP contribution in [-0.2, 0) is 0 Å². The first kappa shape index (κ1) is 17.9. The minimum atomic E-state index is -1.55. The van der Waals surface area contributed by atoms with E-state index in [9.17, 15) is 0 Å². The van der Waals surface area contributed by atoms with E-state index in [2.05, 4.69) is 97.9 Å². The van der Waals surface area contributed by atoms with E-state index in [-0.39, 0.29) is 17.0 Å². The van der Waals surface area contributed by atoms with Crippen LogP contribution >= 0.6 is 24.2 Å². The van der Waals surface area contributed by atoms with Crippen molar-refractivity contribution in [3.8, 4) is 0 Å². The molecule has 0 atom stereocenters. The molecule has 0 nitrogen and oxygen atoms in total. The third-order valence-electron chi connectivity index (χ3n) is 4.15. The summed E-state index contributed by atoms with van der Waals surface area (Å²) in [5.41, 5.74) is 0. The second-order valence-corrected chi connectivity index (χ2v) is 9.16. The third-order valence-corrected chi connectivity index (χ3v) is 8.81. The van der Waals surface area contributed by atoms with Gasteiger partial charge in [-0.25, -0.2) is 0 Å². The Morgan fingerprint density at radius 1 is 0.565 bits per heavy atom. The second-order valence-electron chi connectivity index (χ2n) is 5.54. The van der Waals surface area contributed by atoms with Crippen molar-refractivity contribution in [2.45, 2.75) is 13.3 Å². The largest absolute Gasteiger partial charge is 0.114 e. The fourth-order valence-corrected chi connectivity index (χ4v) is 7.60. The lowest BCUT2D eigenvalue weighted by molar-refractivity contribution is 1.10. The SMILES string of the molecule is Br.CCC[P](c1ccccc1)(c1ccccc1)c1ccccc1. The van der Waals surface area contributed by atoms with Crippen LogP contribution in [0.4, 0.5) is 0 Å². The summed E-state index contributed by atoms with van der Waals surface area (Å²) >= 11 is 0. The Hall–Kier alpha value is -1.43. The topological polar surface area (TPSA) is 0 Å². The Bertz CT molecular complexity index is 599. The fourth-order valence-electron chi connectivity index (χ4n) is 3.22. The minimum Gasteiger partial charge on any atom is -0.114 e. The van der Waals surface area contributed by atoms with Gasteiger partial charge in [0.25, 0.3) is 0 Å². The van der Waals surface area contributed by atoms with Crippen molar-refractivity contribution in [2.75, 3.05) is 6.16 Å². The summed E-state index contributed by atoms with van der Waals surface area (Å²) in [6.07, 6.45) is 2.40. The number of benzene rings is 3. The molecule has 0 saturated carbocycles. The highest BCUT2D eigenvalue weighted by atomic mass is 79.9. The lowest BCUT2D eigenvalue weighted by Crippen LogP contribution is -2.33. The van der Waals surface area contributed by atoms with Gasteiger partial charge in [0.15, 0.2) is 0 Å². The monoisotopic (exact) mass is 385 g/mol. The van der Waals surface area contributed by atoms with Crippen LogP contribution in [0.3, 0.4) is 0 Å². The molecule has 0 unspecified atom stereocenters. The molecular formula is C21H23BrP.